The number of hydrogen-bond donors (Lipinski definition) is 1. The molecule has 0 aliphatic rings. The van der Waals surface area contributed by atoms with Crippen molar-refractivity contribution >= 4 is 21.4 Å². The summed E-state index contributed by atoms with van der Waals surface area (Å²) in [7, 11) is -3.88. The zero-order chi connectivity index (χ0) is 19.9. The van der Waals surface area contributed by atoms with E-state index in [1.54, 1.807) is 19.1 Å². The summed E-state index contributed by atoms with van der Waals surface area (Å²) >= 11 is 0. The van der Waals surface area contributed by atoms with Gasteiger partial charge in [-0.1, -0.05) is 24.3 Å². The molecule has 7 heteroatoms. The van der Waals surface area contributed by atoms with E-state index in [9.17, 15) is 12.8 Å². The lowest BCUT2D eigenvalue weighted by Crippen LogP contribution is -2.15. The average molecular weight is 395 g/mol. The molecule has 2 heterocycles. The minimum atomic E-state index is -3.88. The lowest BCUT2D eigenvalue weighted by molar-refractivity contribution is 0.598. The molecule has 0 spiro atoms. The second-order valence-corrected chi connectivity index (χ2v) is 8.26. The van der Waals surface area contributed by atoms with Gasteiger partial charge in [0.05, 0.1) is 16.3 Å². The molecule has 1 N–H and O–H groups in total. The number of rotatable bonds is 4. The third-order valence-electron chi connectivity index (χ3n) is 4.55. The zero-order valence-corrected chi connectivity index (χ0v) is 16.2. The maximum Gasteiger partial charge on any atom is 0.262 e. The third kappa shape index (κ3) is 3.25. The van der Waals surface area contributed by atoms with E-state index >= 15 is 0 Å². The zero-order valence-electron chi connectivity index (χ0n) is 15.3. The summed E-state index contributed by atoms with van der Waals surface area (Å²) in [6.45, 7) is 3.53. The monoisotopic (exact) mass is 395 g/mol. The maximum atomic E-state index is 13.4. The smallest absolute Gasteiger partial charge is 0.262 e. The van der Waals surface area contributed by atoms with Crippen molar-refractivity contribution in [1.29, 1.82) is 0 Å². The molecular weight excluding hydrogens is 377 g/mol. The number of nitrogens with one attached hydrogen (secondary N) is 1. The van der Waals surface area contributed by atoms with Crippen LogP contribution in [0.25, 0.3) is 16.9 Å². The molecule has 0 atom stereocenters. The van der Waals surface area contributed by atoms with Crippen molar-refractivity contribution in [3.63, 3.8) is 0 Å². The van der Waals surface area contributed by atoms with Gasteiger partial charge in [0.1, 0.15) is 11.5 Å². The van der Waals surface area contributed by atoms with Crippen molar-refractivity contribution in [2.75, 3.05) is 4.72 Å². The molecule has 0 unspecified atom stereocenters. The summed E-state index contributed by atoms with van der Waals surface area (Å²) in [6, 6.07) is 14.6. The van der Waals surface area contributed by atoms with Crippen LogP contribution < -0.4 is 4.72 Å². The Morgan fingerprint density at radius 1 is 1.00 bits per heavy atom. The van der Waals surface area contributed by atoms with Crippen LogP contribution in [0.5, 0.6) is 0 Å². The minimum absolute atomic E-state index is 0.0366. The predicted octanol–water partition coefficient (Wildman–Crippen LogP) is 4.56. The summed E-state index contributed by atoms with van der Waals surface area (Å²) in [5.74, 6) is -0.475. The topological polar surface area (TPSA) is 63.5 Å². The Bertz CT molecular complexity index is 1300. The molecule has 0 aliphatic carbocycles. The number of halogens is 1. The molecule has 0 radical (unpaired) electrons. The van der Waals surface area contributed by atoms with Crippen LogP contribution in [0.3, 0.4) is 0 Å². The van der Waals surface area contributed by atoms with Crippen LogP contribution in [0.15, 0.2) is 71.9 Å². The summed E-state index contributed by atoms with van der Waals surface area (Å²) in [5.41, 5.74) is 3.90. The first-order valence-electron chi connectivity index (χ1n) is 8.68. The van der Waals surface area contributed by atoms with E-state index in [2.05, 4.69) is 9.71 Å². The fourth-order valence-electron chi connectivity index (χ4n) is 3.19. The Morgan fingerprint density at radius 3 is 2.54 bits per heavy atom. The van der Waals surface area contributed by atoms with E-state index < -0.39 is 15.8 Å². The summed E-state index contributed by atoms with van der Waals surface area (Å²) in [6.07, 6.45) is 3.76. The van der Waals surface area contributed by atoms with Gasteiger partial charge in [0, 0.05) is 18.0 Å². The van der Waals surface area contributed by atoms with Gasteiger partial charge in [-0.3, -0.25) is 4.72 Å². The van der Waals surface area contributed by atoms with E-state index in [1.807, 2.05) is 48.0 Å². The Balaban J connectivity index is 1.78. The molecule has 2 aromatic heterocycles. The highest BCUT2D eigenvalue weighted by molar-refractivity contribution is 7.92. The largest absolute Gasteiger partial charge is 0.306 e. The fourth-order valence-corrected chi connectivity index (χ4v) is 4.50. The molecule has 142 valence electrons. The van der Waals surface area contributed by atoms with Crippen LogP contribution >= 0.6 is 0 Å². The molecule has 0 amide bonds. The maximum absolute atomic E-state index is 13.4. The van der Waals surface area contributed by atoms with Crippen LogP contribution in [0.1, 0.15) is 11.1 Å². The number of pyridine rings is 1. The number of imidazole rings is 1. The molecule has 5 nitrogen and oxygen atoms in total. The van der Waals surface area contributed by atoms with Crippen molar-refractivity contribution in [3.05, 3.63) is 83.9 Å². The van der Waals surface area contributed by atoms with Gasteiger partial charge in [0.25, 0.3) is 10.0 Å². The lowest BCUT2D eigenvalue weighted by atomic mass is 10.1. The Labute approximate surface area is 162 Å². The molecule has 2 aromatic carbocycles. The third-order valence-corrected chi connectivity index (χ3v) is 6.08. The van der Waals surface area contributed by atoms with Crippen LogP contribution in [0, 0.1) is 19.7 Å². The number of hydrogen-bond acceptors (Lipinski definition) is 3. The number of aromatic nitrogens is 2. The average Bonchev–Trinajstić information content (AvgIpc) is 3.07. The predicted molar refractivity (Wildman–Crippen MR) is 107 cm³/mol. The van der Waals surface area contributed by atoms with E-state index in [0.29, 0.717) is 22.5 Å². The highest BCUT2D eigenvalue weighted by Gasteiger charge is 2.20. The van der Waals surface area contributed by atoms with Gasteiger partial charge in [-0.2, -0.15) is 0 Å². The molecule has 0 fully saturated rings. The number of sulfonamides is 1. The first kappa shape index (κ1) is 18.2. The van der Waals surface area contributed by atoms with Crippen LogP contribution in [-0.4, -0.2) is 17.8 Å². The number of nitrogens with zero attached hydrogens (tertiary/aromatic N) is 2. The first-order chi connectivity index (χ1) is 13.3. The SMILES string of the molecule is Cc1cc(F)ccc1S(=O)(=O)Nc1ccccc1-c1cn2cccc(C)c2n1. The van der Waals surface area contributed by atoms with Crippen molar-refractivity contribution in [1.82, 2.24) is 9.38 Å². The number of para-hydroxylation sites is 1. The first-order valence-corrected chi connectivity index (χ1v) is 10.2. The summed E-state index contributed by atoms with van der Waals surface area (Å²) < 4.78 is 43.6. The van der Waals surface area contributed by atoms with Gasteiger partial charge in [0.15, 0.2) is 0 Å². The second kappa shape index (κ2) is 6.76. The normalized spacial score (nSPS) is 11.7. The van der Waals surface area contributed by atoms with Gasteiger partial charge in [-0.15, -0.1) is 0 Å². The van der Waals surface area contributed by atoms with Crippen LogP contribution in [-0.2, 0) is 10.0 Å². The molecule has 0 aliphatic heterocycles. The van der Waals surface area contributed by atoms with Crippen LogP contribution in [0.2, 0.25) is 0 Å². The van der Waals surface area contributed by atoms with Gasteiger partial charge in [-0.05, 0) is 55.3 Å². The van der Waals surface area contributed by atoms with Crippen LogP contribution in [0.4, 0.5) is 10.1 Å². The number of fused-ring (bicyclic) bond motifs is 1. The number of anilines is 1. The van der Waals surface area contributed by atoms with Crippen molar-refractivity contribution in [3.8, 4) is 11.3 Å². The lowest BCUT2D eigenvalue weighted by Gasteiger charge is -2.13. The van der Waals surface area contributed by atoms with Gasteiger partial charge in [0.2, 0.25) is 0 Å². The minimum Gasteiger partial charge on any atom is -0.306 e. The highest BCUT2D eigenvalue weighted by Crippen LogP contribution is 2.30. The molecule has 0 saturated carbocycles. The van der Waals surface area contributed by atoms with Gasteiger partial charge >= 0.3 is 0 Å². The molecule has 28 heavy (non-hydrogen) atoms. The molecule has 4 aromatic rings. The van der Waals surface area contributed by atoms with E-state index in [1.165, 1.54) is 12.1 Å². The summed E-state index contributed by atoms with van der Waals surface area (Å²) in [4.78, 5) is 4.69. The summed E-state index contributed by atoms with van der Waals surface area (Å²) in [5, 5.41) is 0. The second-order valence-electron chi connectivity index (χ2n) is 6.61. The van der Waals surface area contributed by atoms with E-state index in [4.69, 9.17) is 0 Å². The molecular formula is C21H18FN3O2S. The standard InChI is InChI=1S/C21H18FN3O2S/c1-14-6-5-11-25-13-19(23-21(14)25)17-7-3-4-8-18(17)24-28(26,27)20-10-9-16(22)12-15(20)2/h3-13,24H,1-2H3. The Hall–Kier alpha value is -3.19. The van der Waals surface area contributed by atoms with E-state index in [0.717, 1.165) is 17.3 Å². The van der Waals surface area contributed by atoms with Gasteiger partial charge < -0.3 is 4.40 Å². The molecule has 0 saturated heterocycles. The number of benzene rings is 2. The Kier molecular flexibility index (Phi) is 4.39. The number of aryl methyl sites for hydroxylation is 2. The van der Waals surface area contributed by atoms with Gasteiger partial charge in [-0.25, -0.2) is 17.8 Å². The Morgan fingerprint density at radius 2 is 1.79 bits per heavy atom. The highest BCUT2D eigenvalue weighted by atomic mass is 32.2. The van der Waals surface area contributed by atoms with Crippen molar-refractivity contribution in [2.45, 2.75) is 18.7 Å². The van der Waals surface area contributed by atoms with Crippen molar-refractivity contribution in [2.24, 2.45) is 0 Å². The quantitative estimate of drug-likeness (QED) is 0.551. The van der Waals surface area contributed by atoms with E-state index in [-0.39, 0.29) is 4.90 Å². The van der Waals surface area contributed by atoms with Crippen molar-refractivity contribution < 1.29 is 12.8 Å². The molecule has 0 bridgehead atoms. The fraction of sp³-hybridized carbons (Fsp3) is 0.0952. The molecule has 4 rings (SSSR count).